The van der Waals surface area contributed by atoms with Gasteiger partial charge in [-0.2, -0.15) is 0 Å². The van der Waals surface area contributed by atoms with Crippen LogP contribution in [0.3, 0.4) is 0 Å². The fraction of sp³-hybridized carbons (Fsp3) is 0.115. The summed E-state index contributed by atoms with van der Waals surface area (Å²) in [6.07, 6.45) is 7.03. The SMILES string of the molecule is CC(C)=CC(=O)n1cc2ccc(-n3c(=O)ccc4cnc5ccc(C)cc5c43)cc2c1. The lowest BCUT2D eigenvalue weighted by molar-refractivity contribution is 0.0969. The lowest BCUT2D eigenvalue weighted by Crippen LogP contribution is -2.17. The molecule has 0 atom stereocenters. The van der Waals surface area contributed by atoms with Crippen molar-refractivity contribution in [3.05, 3.63) is 94.7 Å². The maximum absolute atomic E-state index is 13.0. The molecule has 0 radical (unpaired) electrons. The molecule has 152 valence electrons. The van der Waals surface area contributed by atoms with Crippen LogP contribution in [0.15, 0.2) is 83.6 Å². The predicted octanol–water partition coefficient (Wildman–Crippen LogP) is 5.41. The van der Waals surface area contributed by atoms with E-state index in [0.29, 0.717) is 0 Å². The van der Waals surface area contributed by atoms with Crippen LogP contribution >= 0.6 is 0 Å². The summed E-state index contributed by atoms with van der Waals surface area (Å²) in [7, 11) is 0. The van der Waals surface area contributed by atoms with Gasteiger partial charge in [-0.1, -0.05) is 23.3 Å². The molecule has 0 aliphatic rings. The first-order chi connectivity index (χ1) is 14.9. The summed E-state index contributed by atoms with van der Waals surface area (Å²) in [5, 5.41) is 3.67. The van der Waals surface area contributed by atoms with Crippen molar-refractivity contribution in [3.8, 4) is 5.69 Å². The van der Waals surface area contributed by atoms with Crippen molar-refractivity contribution in [2.24, 2.45) is 0 Å². The van der Waals surface area contributed by atoms with Gasteiger partial charge in [-0.15, -0.1) is 0 Å². The summed E-state index contributed by atoms with van der Waals surface area (Å²) in [5.74, 6) is -0.0902. The Balaban J connectivity index is 1.78. The van der Waals surface area contributed by atoms with E-state index >= 15 is 0 Å². The number of hydrogen-bond acceptors (Lipinski definition) is 3. The van der Waals surface area contributed by atoms with E-state index in [4.69, 9.17) is 0 Å². The summed E-state index contributed by atoms with van der Waals surface area (Å²) >= 11 is 0. The van der Waals surface area contributed by atoms with Gasteiger partial charge < -0.3 is 0 Å². The first-order valence-electron chi connectivity index (χ1n) is 10.1. The third kappa shape index (κ3) is 3.24. The second-order valence-electron chi connectivity index (χ2n) is 8.13. The number of fused-ring (bicyclic) bond motifs is 4. The molecule has 0 bridgehead atoms. The number of carbonyl (C=O) groups excluding carboxylic acids is 1. The van der Waals surface area contributed by atoms with Gasteiger partial charge in [-0.05, 0) is 51.1 Å². The Morgan fingerprint density at radius 2 is 1.71 bits per heavy atom. The number of benzene rings is 2. The normalized spacial score (nSPS) is 11.3. The zero-order valence-electron chi connectivity index (χ0n) is 17.6. The average molecular weight is 407 g/mol. The van der Waals surface area contributed by atoms with Crippen LogP contribution < -0.4 is 5.56 Å². The van der Waals surface area contributed by atoms with E-state index in [-0.39, 0.29) is 11.5 Å². The number of carbonyl (C=O) groups is 1. The number of allylic oxidation sites excluding steroid dienone is 2. The Bertz CT molecular complexity index is 1600. The summed E-state index contributed by atoms with van der Waals surface area (Å²) in [6.45, 7) is 5.82. The molecule has 0 amide bonds. The van der Waals surface area contributed by atoms with Gasteiger partial charge >= 0.3 is 0 Å². The molecule has 5 rings (SSSR count). The minimum atomic E-state index is -0.110. The Morgan fingerprint density at radius 3 is 2.52 bits per heavy atom. The van der Waals surface area contributed by atoms with Crippen LogP contribution in [0.5, 0.6) is 0 Å². The Kier molecular flexibility index (Phi) is 4.33. The minimum Gasteiger partial charge on any atom is -0.290 e. The molecule has 0 fully saturated rings. The number of aryl methyl sites for hydroxylation is 1. The van der Waals surface area contributed by atoms with Crippen molar-refractivity contribution >= 4 is 38.5 Å². The van der Waals surface area contributed by atoms with Crippen molar-refractivity contribution in [3.63, 3.8) is 0 Å². The van der Waals surface area contributed by atoms with Gasteiger partial charge in [-0.3, -0.25) is 23.7 Å². The second kappa shape index (κ2) is 7.06. The van der Waals surface area contributed by atoms with Gasteiger partial charge in [0.25, 0.3) is 11.5 Å². The van der Waals surface area contributed by atoms with E-state index in [0.717, 1.165) is 49.4 Å². The van der Waals surface area contributed by atoms with Crippen LogP contribution in [-0.4, -0.2) is 20.0 Å². The number of nitrogens with zero attached hydrogens (tertiary/aromatic N) is 3. The van der Waals surface area contributed by atoms with Crippen molar-refractivity contribution in [2.45, 2.75) is 20.8 Å². The lowest BCUT2D eigenvalue weighted by atomic mass is 10.1. The fourth-order valence-electron chi connectivity index (χ4n) is 4.00. The lowest BCUT2D eigenvalue weighted by Gasteiger charge is -2.13. The van der Waals surface area contributed by atoms with Gasteiger partial charge in [0.1, 0.15) is 0 Å². The molecule has 0 aliphatic carbocycles. The molecule has 3 heterocycles. The van der Waals surface area contributed by atoms with Crippen LogP contribution in [0.25, 0.3) is 38.3 Å². The fourth-order valence-corrected chi connectivity index (χ4v) is 4.00. The zero-order chi connectivity index (χ0) is 21.7. The van der Waals surface area contributed by atoms with Gasteiger partial charge in [-0.25, -0.2) is 0 Å². The molecule has 0 unspecified atom stereocenters. The largest absolute Gasteiger partial charge is 0.290 e. The summed E-state index contributed by atoms with van der Waals surface area (Å²) in [6, 6.07) is 15.3. The van der Waals surface area contributed by atoms with Crippen molar-refractivity contribution in [2.75, 3.05) is 0 Å². The van der Waals surface area contributed by atoms with Gasteiger partial charge in [0.05, 0.1) is 11.0 Å². The Labute approximate surface area is 178 Å². The van der Waals surface area contributed by atoms with E-state index in [2.05, 4.69) is 11.1 Å². The predicted molar refractivity (Wildman–Crippen MR) is 125 cm³/mol. The number of hydrogen-bond donors (Lipinski definition) is 0. The zero-order valence-corrected chi connectivity index (χ0v) is 17.6. The Hall–Kier alpha value is -3.99. The van der Waals surface area contributed by atoms with E-state index in [1.807, 2.05) is 63.4 Å². The average Bonchev–Trinajstić information content (AvgIpc) is 3.16. The highest BCUT2D eigenvalue weighted by molar-refractivity contribution is 6.04. The first-order valence-corrected chi connectivity index (χ1v) is 10.1. The molecule has 5 heteroatoms. The molecule has 0 spiro atoms. The van der Waals surface area contributed by atoms with Gasteiger partial charge in [0.2, 0.25) is 0 Å². The van der Waals surface area contributed by atoms with Crippen molar-refractivity contribution in [1.82, 2.24) is 14.1 Å². The first kappa shape index (κ1) is 19.0. The molecule has 31 heavy (non-hydrogen) atoms. The molecule has 0 saturated heterocycles. The van der Waals surface area contributed by atoms with Gasteiger partial charge in [0, 0.05) is 58.0 Å². The molecule has 5 nitrogen and oxygen atoms in total. The highest BCUT2D eigenvalue weighted by Crippen LogP contribution is 2.27. The highest BCUT2D eigenvalue weighted by Gasteiger charge is 2.12. The molecular weight excluding hydrogens is 386 g/mol. The van der Waals surface area contributed by atoms with Crippen LogP contribution in [0.1, 0.15) is 24.2 Å². The van der Waals surface area contributed by atoms with E-state index in [1.54, 1.807) is 33.7 Å². The Morgan fingerprint density at radius 1 is 0.935 bits per heavy atom. The second-order valence-corrected chi connectivity index (χ2v) is 8.13. The number of aromatic nitrogens is 3. The standard InChI is InChI=1S/C26H21N3O2/c1-16(2)10-25(31)28-14-19-5-7-21(12-20(19)15-28)29-24(30)9-6-18-13-27-23-8-4-17(3)11-22(23)26(18)29/h4-15H,1-3H3. The maximum Gasteiger partial charge on any atom is 0.255 e. The number of pyridine rings is 2. The van der Waals surface area contributed by atoms with Gasteiger partial charge in [0.15, 0.2) is 0 Å². The van der Waals surface area contributed by atoms with E-state index < -0.39 is 0 Å². The quantitative estimate of drug-likeness (QED) is 0.290. The molecule has 0 saturated carbocycles. The van der Waals surface area contributed by atoms with Crippen LogP contribution in [0.2, 0.25) is 0 Å². The van der Waals surface area contributed by atoms with E-state index in [1.165, 1.54) is 0 Å². The van der Waals surface area contributed by atoms with Crippen molar-refractivity contribution < 1.29 is 4.79 Å². The topological polar surface area (TPSA) is 56.9 Å². The third-order valence-electron chi connectivity index (χ3n) is 5.42. The molecular formula is C26H21N3O2. The molecule has 3 aromatic heterocycles. The summed E-state index contributed by atoms with van der Waals surface area (Å²) < 4.78 is 3.31. The van der Waals surface area contributed by atoms with Crippen LogP contribution in [0, 0.1) is 6.92 Å². The monoisotopic (exact) mass is 407 g/mol. The summed E-state index contributed by atoms with van der Waals surface area (Å²) in [5.41, 5.74) is 4.37. The smallest absolute Gasteiger partial charge is 0.255 e. The van der Waals surface area contributed by atoms with E-state index in [9.17, 15) is 9.59 Å². The molecule has 2 aromatic carbocycles. The molecule has 0 aliphatic heterocycles. The third-order valence-corrected chi connectivity index (χ3v) is 5.42. The minimum absolute atomic E-state index is 0.0902. The summed E-state index contributed by atoms with van der Waals surface area (Å²) in [4.78, 5) is 30.0. The highest BCUT2D eigenvalue weighted by atomic mass is 16.1. The van der Waals surface area contributed by atoms with Crippen LogP contribution in [0.4, 0.5) is 0 Å². The molecule has 5 aromatic rings. The van der Waals surface area contributed by atoms with Crippen LogP contribution in [-0.2, 0) is 0 Å². The van der Waals surface area contributed by atoms with Crippen molar-refractivity contribution in [1.29, 1.82) is 0 Å². The number of rotatable bonds is 2. The maximum atomic E-state index is 13.0. The molecule has 0 N–H and O–H groups in total.